The molecule has 0 amide bonds. The van der Waals surface area contributed by atoms with Crippen molar-refractivity contribution in [2.75, 3.05) is 14.2 Å². The predicted octanol–water partition coefficient (Wildman–Crippen LogP) is 2.59. The van der Waals surface area contributed by atoms with Gasteiger partial charge < -0.3 is 18.8 Å². The third kappa shape index (κ3) is 2.45. The van der Waals surface area contributed by atoms with E-state index in [0.717, 1.165) is 5.52 Å². The van der Waals surface area contributed by atoms with E-state index in [-0.39, 0.29) is 0 Å². The van der Waals surface area contributed by atoms with Crippen LogP contribution in [0.5, 0.6) is 5.75 Å². The van der Waals surface area contributed by atoms with Crippen LogP contribution in [0.15, 0.2) is 24.4 Å². The quantitative estimate of drug-likeness (QED) is 0.637. The summed E-state index contributed by atoms with van der Waals surface area (Å²) in [6, 6.07) is 5.04. The minimum absolute atomic E-state index is 0.309. The first-order valence-electron chi connectivity index (χ1n) is 6.07. The van der Waals surface area contributed by atoms with E-state index in [1.54, 1.807) is 24.4 Å². The number of carbonyl (C=O) groups excluding carboxylic acids is 2. The van der Waals surface area contributed by atoms with Gasteiger partial charge in [0.15, 0.2) is 0 Å². The van der Waals surface area contributed by atoms with Gasteiger partial charge in [0.1, 0.15) is 5.75 Å². The zero-order valence-corrected chi connectivity index (χ0v) is 11.5. The second-order valence-electron chi connectivity index (χ2n) is 4.06. The average molecular weight is 277 g/mol. The summed E-state index contributed by atoms with van der Waals surface area (Å²) < 4.78 is 16.1. The first kappa shape index (κ1) is 13.9. The molecule has 1 aromatic carbocycles. The Kier molecular flexibility index (Phi) is 3.93. The van der Waals surface area contributed by atoms with Crippen LogP contribution in [0.25, 0.3) is 10.9 Å². The number of fused-ring (bicyclic) bond motifs is 1. The van der Waals surface area contributed by atoms with E-state index >= 15 is 0 Å². The van der Waals surface area contributed by atoms with Crippen molar-refractivity contribution in [3.63, 3.8) is 0 Å². The van der Waals surface area contributed by atoms with Crippen molar-refractivity contribution < 1.29 is 23.8 Å². The molecule has 0 fully saturated rings. The van der Waals surface area contributed by atoms with Crippen LogP contribution < -0.4 is 4.74 Å². The second-order valence-corrected chi connectivity index (χ2v) is 4.06. The van der Waals surface area contributed by atoms with Crippen molar-refractivity contribution in [3.8, 4) is 5.75 Å². The largest absolute Gasteiger partial charge is 0.513 e. The number of benzene rings is 1. The van der Waals surface area contributed by atoms with Gasteiger partial charge in [-0.15, -0.1) is 0 Å². The molecular formula is C14H15NO5. The van der Waals surface area contributed by atoms with Crippen molar-refractivity contribution in [1.82, 2.24) is 4.57 Å². The Morgan fingerprint density at radius 1 is 1.20 bits per heavy atom. The van der Waals surface area contributed by atoms with Crippen molar-refractivity contribution in [3.05, 3.63) is 30.0 Å². The molecule has 0 unspecified atom stereocenters. The molecule has 0 bridgehead atoms. The van der Waals surface area contributed by atoms with Crippen LogP contribution >= 0.6 is 0 Å². The average Bonchev–Trinajstić information content (AvgIpc) is 2.84. The minimum atomic E-state index is -0.807. The summed E-state index contributed by atoms with van der Waals surface area (Å²) in [5.41, 5.74) is 1.30. The zero-order chi connectivity index (χ0) is 14.7. The monoisotopic (exact) mass is 277 g/mol. The van der Waals surface area contributed by atoms with Gasteiger partial charge in [0.25, 0.3) is 0 Å². The molecular weight excluding hydrogens is 262 g/mol. The minimum Gasteiger partial charge on any atom is -0.465 e. The Bertz CT molecular complexity index is 659. The molecule has 0 aliphatic carbocycles. The van der Waals surface area contributed by atoms with Crippen LogP contribution in [-0.2, 0) is 16.0 Å². The van der Waals surface area contributed by atoms with Crippen LogP contribution in [0, 0.1) is 0 Å². The first-order chi connectivity index (χ1) is 9.60. The highest BCUT2D eigenvalue weighted by Crippen LogP contribution is 2.27. The number of carbonyl (C=O) groups is 2. The summed E-state index contributed by atoms with van der Waals surface area (Å²) in [6.45, 7) is 2.68. The Balaban J connectivity index is 2.53. The number of nitrogens with zero attached hydrogens (tertiary/aromatic N) is 1. The number of esters is 1. The Hall–Kier alpha value is -2.50. The first-order valence-corrected chi connectivity index (χ1v) is 6.07. The summed E-state index contributed by atoms with van der Waals surface area (Å²) in [5, 5.41) is 0.667. The predicted molar refractivity (Wildman–Crippen MR) is 72.0 cm³/mol. The fraction of sp³-hybridized carbons (Fsp3) is 0.286. The summed E-state index contributed by atoms with van der Waals surface area (Å²) in [5.74, 6) is -0.124. The van der Waals surface area contributed by atoms with Crippen LogP contribution in [0.1, 0.15) is 17.3 Å². The van der Waals surface area contributed by atoms with E-state index in [1.807, 2.05) is 11.5 Å². The van der Waals surface area contributed by atoms with E-state index in [4.69, 9.17) is 9.47 Å². The van der Waals surface area contributed by atoms with E-state index < -0.39 is 12.1 Å². The van der Waals surface area contributed by atoms with Gasteiger partial charge in [-0.3, -0.25) is 0 Å². The van der Waals surface area contributed by atoms with Crippen molar-refractivity contribution in [2.24, 2.45) is 0 Å². The maximum atomic E-state index is 11.8. The normalized spacial score (nSPS) is 10.3. The van der Waals surface area contributed by atoms with Gasteiger partial charge in [0, 0.05) is 23.6 Å². The molecule has 20 heavy (non-hydrogen) atoms. The number of hydrogen-bond donors (Lipinski definition) is 0. The SMILES string of the molecule is CCn1cc(C(=O)OC)c2cc(OC(=O)OC)ccc21. The molecule has 1 aromatic heterocycles. The van der Waals surface area contributed by atoms with Gasteiger partial charge >= 0.3 is 12.1 Å². The van der Waals surface area contributed by atoms with Gasteiger partial charge in [-0.05, 0) is 25.1 Å². The molecule has 0 aliphatic heterocycles. The lowest BCUT2D eigenvalue weighted by Gasteiger charge is -2.04. The molecule has 0 saturated carbocycles. The number of hydrogen-bond acceptors (Lipinski definition) is 5. The zero-order valence-electron chi connectivity index (χ0n) is 11.5. The third-order valence-electron chi connectivity index (χ3n) is 2.97. The molecule has 1 heterocycles. The molecule has 0 atom stereocenters. The number of aromatic nitrogens is 1. The van der Waals surface area contributed by atoms with Gasteiger partial charge in [-0.1, -0.05) is 0 Å². The Labute approximate surface area is 115 Å². The molecule has 0 N–H and O–H groups in total. The van der Waals surface area contributed by atoms with Gasteiger partial charge in [0.2, 0.25) is 0 Å². The number of aryl methyl sites for hydroxylation is 1. The summed E-state index contributed by atoms with van der Waals surface area (Å²) in [7, 11) is 2.56. The smallest absolute Gasteiger partial charge is 0.465 e. The lowest BCUT2D eigenvalue weighted by atomic mass is 10.1. The highest BCUT2D eigenvalue weighted by molar-refractivity contribution is 6.04. The van der Waals surface area contributed by atoms with Crippen LogP contribution in [-0.4, -0.2) is 30.9 Å². The van der Waals surface area contributed by atoms with Crippen LogP contribution in [0.2, 0.25) is 0 Å². The standard InChI is InChI=1S/C14H15NO5/c1-4-15-8-11(13(16)18-2)10-7-9(5-6-12(10)15)20-14(17)19-3/h5-8H,4H2,1-3H3. The van der Waals surface area contributed by atoms with Crippen LogP contribution in [0.3, 0.4) is 0 Å². The molecule has 6 heteroatoms. The third-order valence-corrected chi connectivity index (χ3v) is 2.97. The van der Waals surface area contributed by atoms with E-state index in [1.165, 1.54) is 14.2 Å². The molecule has 6 nitrogen and oxygen atoms in total. The van der Waals surface area contributed by atoms with Gasteiger partial charge in [-0.2, -0.15) is 0 Å². The van der Waals surface area contributed by atoms with E-state index in [0.29, 0.717) is 23.2 Å². The number of ether oxygens (including phenoxy) is 3. The highest BCUT2D eigenvalue weighted by atomic mass is 16.7. The lowest BCUT2D eigenvalue weighted by Crippen LogP contribution is -2.07. The van der Waals surface area contributed by atoms with Crippen molar-refractivity contribution >= 4 is 23.0 Å². The number of methoxy groups -OCH3 is 2. The molecule has 106 valence electrons. The summed E-state index contributed by atoms with van der Waals surface area (Å²) >= 11 is 0. The fourth-order valence-corrected chi connectivity index (χ4v) is 2.01. The molecule has 2 aromatic rings. The molecule has 0 saturated heterocycles. The molecule has 0 radical (unpaired) electrons. The van der Waals surface area contributed by atoms with Crippen molar-refractivity contribution in [2.45, 2.75) is 13.5 Å². The topological polar surface area (TPSA) is 66.8 Å². The highest BCUT2D eigenvalue weighted by Gasteiger charge is 2.16. The Morgan fingerprint density at radius 2 is 1.95 bits per heavy atom. The Morgan fingerprint density at radius 3 is 2.55 bits per heavy atom. The van der Waals surface area contributed by atoms with E-state index in [2.05, 4.69) is 4.74 Å². The maximum absolute atomic E-state index is 11.8. The molecule has 0 spiro atoms. The lowest BCUT2D eigenvalue weighted by molar-refractivity contribution is 0.0602. The second kappa shape index (κ2) is 5.64. The van der Waals surface area contributed by atoms with E-state index in [9.17, 15) is 9.59 Å². The van der Waals surface area contributed by atoms with Gasteiger partial charge in [0.05, 0.1) is 19.8 Å². The number of rotatable bonds is 3. The van der Waals surface area contributed by atoms with Gasteiger partial charge in [-0.25, -0.2) is 9.59 Å². The maximum Gasteiger partial charge on any atom is 0.513 e. The summed E-state index contributed by atoms with van der Waals surface area (Å²) in [6.07, 6.45) is 0.914. The fourth-order valence-electron chi connectivity index (χ4n) is 2.01. The molecule has 2 rings (SSSR count). The van der Waals surface area contributed by atoms with Crippen LogP contribution in [0.4, 0.5) is 4.79 Å². The molecule has 0 aliphatic rings. The summed E-state index contributed by atoms with van der Waals surface area (Å²) in [4.78, 5) is 22.9. The van der Waals surface area contributed by atoms with Crippen molar-refractivity contribution in [1.29, 1.82) is 0 Å².